The summed E-state index contributed by atoms with van der Waals surface area (Å²) in [5, 5.41) is 2.93. The van der Waals surface area contributed by atoms with E-state index in [1.165, 1.54) is 12.1 Å². The summed E-state index contributed by atoms with van der Waals surface area (Å²) in [6.07, 6.45) is 2.18. The molecule has 0 aliphatic heterocycles. The summed E-state index contributed by atoms with van der Waals surface area (Å²) in [4.78, 5) is 11.6. The summed E-state index contributed by atoms with van der Waals surface area (Å²) in [7, 11) is 0. The number of hydrogen-bond acceptors (Lipinski definition) is 2. The monoisotopic (exact) mass is 253 g/mol. The van der Waals surface area contributed by atoms with E-state index >= 15 is 0 Å². The Hall–Kier alpha value is -1.58. The fourth-order valence-corrected chi connectivity index (χ4v) is 1.59. The number of ether oxygens (including phenoxy) is 1. The fraction of sp³-hybridized carbons (Fsp3) is 0.500. The maximum absolute atomic E-state index is 12.6. The Morgan fingerprint density at radius 1 is 1.28 bits per heavy atom. The van der Waals surface area contributed by atoms with Gasteiger partial charge in [-0.15, -0.1) is 0 Å². The minimum atomic E-state index is -0.297. The SMILES string of the molecule is CCC(CC)NC(=O)CCOc1ccc(F)cc1. The summed E-state index contributed by atoms with van der Waals surface area (Å²) in [6, 6.07) is 6.00. The average molecular weight is 253 g/mol. The molecule has 1 aromatic carbocycles. The second-order valence-corrected chi connectivity index (χ2v) is 4.13. The maximum atomic E-state index is 12.6. The van der Waals surface area contributed by atoms with Crippen molar-refractivity contribution in [2.75, 3.05) is 6.61 Å². The Morgan fingerprint density at radius 3 is 2.44 bits per heavy atom. The lowest BCUT2D eigenvalue weighted by molar-refractivity contribution is -0.122. The third-order valence-corrected chi connectivity index (χ3v) is 2.76. The number of carbonyl (C=O) groups is 1. The molecule has 0 bridgehead atoms. The summed E-state index contributed by atoms with van der Waals surface area (Å²) in [6.45, 7) is 4.39. The van der Waals surface area contributed by atoms with E-state index in [-0.39, 0.29) is 17.8 Å². The molecular formula is C14H20FNO2. The van der Waals surface area contributed by atoms with E-state index in [0.717, 1.165) is 12.8 Å². The minimum Gasteiger partial charge on any atom is -0.493 e. The lowest BCUT2D eigenvalue weighted by atomic mass is 10.1. The van der Waals surface area contributed by atoms with Gasteiger partial charge in [-0.2, -0.15) is 0 Å². The Labute approximate surface area is 107 Å². The van der Waals surface area contributed by atoms with Gasteiger partial charge in [0.25, 0.3) is 0 Å². The third-order valence-electron chi connectivity index (χ3n) is 2.76. The second kappa shape index (κ2) is 7.69. The van der Waals surface area contributed by atoms with Gasteiger partial charge in [0.05, 0.1) is 13.0 Å². The molecule has 0 heterocycles. The molecule has 0 atom stereocenters. The molecule has 0 spiro atoms. The van der Waals surface area contributed by atoms with Crippen molar-refractivity contribution in [2.45, 2.75) is 39.2 Å². The highest BCUT2D eigenvalue weighted by molar-refractivity contribution is 5.76. The van der Waals surface area contributed by atoms with Crippen LogP contribution in [0, 0.1) is 5.82 Å². The first-order valence-electron chi connectivity index (χ1n) is 6.33. The van der Waals surface area contributed by atoms with Gasteiger partial charge in [-0.25, -0.2) is 4.39 Å². The Balaban J connectivity index is 2.25. The molecule has 1 rings (SSSR count). The molecule has 0 unspecified atom stereocenters. The van der Waals surface area contributed by atoms with Crippen LogP contribution in [0.2, 0.25) is 0 Å². The minimum absolute atomic E-state index is 0.00851. The molecule has 0 fully saturated rings. The van der Waals surface area contributed by atoms with Crippen LogP contribution >= 0.6 is 0 Å². The van der Waals surface area contributed by atoms with Crippen molar-refractivity contribution in [3.8, 4) is 5.75 Å². The van der Waals surface area contributed by atoms with Gasteiger partial charge in [-0.3, -0.25) is 4.79 Å². The van der Waals surface area contributed by atoms with Crippen molar-refractivity contribution < 1.29 is 13.9 Å². The van der Waals surface area contributed by atoms with Gasteiger partial charge in [0, 0.05) is 6.04 Å². The molecule has 3 nitrogen and oxygen atoms in total. The van der Waals surface area contributed by atoms with E-state index in [9.17, 15) is 9.18 Å². The summed E-state index contributed by atoms with van der Waals surface area (Å²) < 4.78 is 18.0. The van der Waals surface area contributed by atoms with Gasteiger partial charge in [0.15, 0.2) is 0 Å². The van der Waals surface area contributed by atoms with Crippen molar-refractivity contribution >= 4 is 5.91 Å². The molecule has 0 aromatic heterocycles. The van der Waals surface area contributed by atoms with Crippen molar-refractivity contribution in [3.63, 3.8) is 0 Å². The van der Waals surface area contributed by atoms with Crippen LogP contribution < -0.4 is 10.1 Å². The summed E-state index contributed by atoms with van der Waals surface area (Å²) in [5.74, 6) is 0.270. The largest absolute Gasteiger partial charge is 0.493 e. The molecule has 18 heavy (non-hydrogen) atoms. The Morgan fingerprint density at radius 2 is 1.89 bits per heavy atom. The van der Waals surface area contributed by atoms with Crippen molar-refractivity contribution in [2.24, 2.45) is 0 Å². The van der Waals surface area contributed by atoms with Crippen LogP contribution in [-0.4, -0.2) is 18.6 Å². The predicted molar refractivity (Wildman–Crippen MR) is 69.0 cm³/mol. The van der Waals surface area contributed by atoms with Gasteiger partial charge in [0.2, 0.25) is 5.91 Å². The zero-order chi connectivity index (χ0) is 13.4. The number of benzene rings is 1. The highest BCUT2D eigenvalue weighted by atomic mass is 19.1. The lowest BCUT2D eigenvalue weighted by Crippen LogP contribution is -2.34. The van der Waals surface area contributed by atoms with Gasteiger partial charge in [-0.05, 0) is 37.1 Å². The number of nitrogens with one attached hydrogen (secondary N) is 1. The normalized spacial score (nSPS) is 10.4. The fourth-order valence-electron chi connectivity index (χ4n) is 1.59. The van der Waals surface area contributed by atoms with Gasteiger partial charge < -0.3 is 10.1 Å². The van der Waals surface area contributed by atoms with E-state index < -0.39 is 0 Å². The topological polar surface area (TPSA) is 38.3 Å². The molecule has 0 saturated carbocycles. The van der Waals surface area contributed by atoms with Gasteiger partial charge >= 0.3 is 0 Å². The number of carbonyl (C=O) groups excluding carboxylic acids is 1. The molecule has 1 amide bonds. The van der Waals surface area contributed by atoms with Crippen molar-refractivity contribution in [3.05, 3.63) is 30.1 Å². The first-order valence-corrected chi connectivity index (χ1v) is 6.33. The van der Waals surface area contributed by atoms with Crippen LogP contribution in [0.15, 0.2) is 24.3 Å². The number of halogens is 1. The van der Waals surface area contributed by atoms with Crippen LogP contribution in [0.3, 0.4) is 0 Å². The van der Waals surface area contributed by atoms with E-state index in [1.807, 2.05) is 13.8 Å². The van der Waals surface area contributed by atoms with E-state index in [2.05, 4.69) is 5.32 Å². The molecule has 0 aliphatic rings. The highest BCUT2D eigenvalue weighted by Crippen LogP contribution is 2.11. The van der Waals surface area contributed by atoms with Crippen molar-refractivity contribution in [1.82, 2.24) is 5.32 Å². The smallest absolute Gasteiger partial charge is 0.223 e. The van der Waals surface area contributed by atoms with Crippen LogP contribution in [0.1, 0.15) is 33.1 Å². The molecule has 1 N–H and O–H groups in total. The molecule has 100 valence electrons. The van der Waals surface area contributed by atoms with Crippen LogP contribution in [0.4, 0.5) is 4.39 Å². The second-order valence-electron chi connectivity index (χ2n) is 4.13. The predicted octanol–water partition coefficient (Wildman–Crippen LogP) is 2.90. The standard InChI is InChI=1S/C14H20FNO2/c1-3-12(4-2)16-14(17)9-10-18-13-7-5-11(15)6-8-13/h5-8,12H,3-4,9-10H2,1-2H3,(H,16,17). The summed E-state index contributed by atoms with van der Waals surface area (Å²) in [5.41, 5.74) is 0. The Kier molecular flexibility index (Phi) is 6.19. The molecular weight excluding hydrogens is 233 g/mol. The van der Waals surface area contributed by atoms with E-state index in [4.69, 9.17) is 4.74 Å². The van der Waals surface area contributed by atoms with Crippen LogP contribution in [0.5, 0.6) is 5.75 Å². The molecule has 4 heteroatoms. The van der Waals surface area contributed by atoms with Crippen LogP contribution in [0.25, 0.3) is 0 Å². The number of amides is 1. The van der Waals surface area contributed by atoms with Gasteiger partial charge in [-0.1, -0.05) is 13.8 Å². The lowest BCUT2D eigenvalue weighted by Gasteiger charge is -2.14. The van der Waals surface area contributed by atoms with E-state index in [0.29, 0.717) is 18.8 Å². The molecule has 0 aliphatic carbocycles. The summed E-state index contributed by atoms with van der Waals surface area (Å²) >= 11 is 0. The van der Waals surface area contributed by atoms with E-state index in [1.54, 1.807) is 12.1 Å². The Bertz CT molecular complexity index is 361. The zero-order valence-corrected chi connectivity index (χ0v) is 10.9. The number of hydrogen-bond donors (Lipinski definition) is 1. The molecule has 0 saturated heterocycles. The highest BCUT2D eigenvalue weighted by Gasteiger charge is 2.08. The molecule has 1 aromatic rings. The zero-order valence-electron chi connectivity index (χ0n) is 10.9. The number of rotatable bonds is 7. The first-order chi connectivity index (χ1) is 8.65. The average Bonchev–Trinajstić information content (AvgIpc) is 2.38. The van der Waals surface area contributed by atoms with Crippen LogP contribution in [-0.2, 0) is 4.79 Å². The first kappa shape index (κ1) is 14.5. The maximum Gasteiger partial charge on any atom is 0.223 e. The quantitative estimate of drug-likeness (QED) is 0.811. The van der Waals surface area contributed by atoms with Gasteiger partial charge in [0.1, 0.15) is 11.6 Å². The molecule has 0 radical (unpaired) electrons. The third kappa shape index (κ3) is 5.17. The van der Waals surface area contributed by atoms with Crippen molar-refractivity contribution in [1.29, 1.82) is 0 Å².